The fourth-order valence-corrected chi connectivity index (χ4v) is 4.20. The van der Waals surface area contributed by atoms with Crippen molar-refractivity contribution >= 4 is 39.9 Å². The average molecular weight is 324 g/mol. The molecule has 6 heteroatoms. The van der Waals surface area contributed by atoms with E-state index in [-0.39, 0.29) is 18.3 Å². The van der Waals surface area contributed by atoms with Crippen LogP contribution in [0, 0.1) is 5.92 Å². The number of carbonyl (C=O) groups excluding carboxylic acids is 1. The third-order valence-electron chi connectivity index (χ3n) is 4.46. The van der Waals surface area contributed by atoms with E-state index in [0.717, 1.165) is 16.8 Å². The number of aromatic nitrogens is 1. The minimum absolute atomic E-state index is 0. The van der Waals surface area contributed by atoms with Crippen molar-refractivity contribution in [2.75, 3.05) is 19.6 Å². The molecular formula is C15H18ClN3OS. The molecule has 3 fully saturated rings. The number of hydrogen-bond donors (Lipinski definition) is 1. The van der Waals surface area contributed by atoms with Crippen LogP contribution < -0.4 is 5.32 Å². The Morgan fingerprint density at radius 1 is 1.29 bits per heavy atom. The molecule has 3 aliphatic heterocycles. The van der Waals surface area contributed by atoms with Gasteiger partial charge in [0.1, 0.15) is 0 Å². The van der Waals surface area contributed by atoms with E-state index in [1.807, 2.05) is 24.3 Å². The van der Waals surface area contributed by atoms with E-state index in [2.05, 4.69) is 15.2 Å². The first-order chi connectivity index (χ1) is 9.79. The Hall–Kier alpha value is -1.17. The van der Waals surface area contributed by atoms with E-state index in [1.54, 1.807) is 0 Å². The molecule has 3 aliphatic rings. The monoisotopic (exact) mass is 323 g/mol. The van der Waals surface area contributed by atoms with Crippen LogP contribution in [-0.4, -0.2) is 41.5 Å². The first kappa shape index (κ1) is 14.8. The Morgan fingerprint density at radius 2 is 2.05 bits per heavy atom. The lowest BCUT2D eigenvalue weighted by Crippen LogP contribution is -2.57. The Balaban J connectivity index is 0.00000132. The number of rotatable bonds is 2. The lowest BCUT2D eigenvalue weighted by atomic mass is 9.84. The van der Waals surface area contributed by atoms with Crippen LogP contribution in [0.1, 0.15) is 22.6 Å². The van der Waals surface area contributed by atoms with Gasteiger partial charge in [0.2, 0.25) is 0 Å². The molecule has 3 saturated heterocycles. The van der Waals surface area contributed by atoms with Gasteiger partial charge in [0, 0.05) is 12.6 Å². The Kier molecular flexibility index (Phi) is 4.15. The minimum Gasteiger partial charge on any atom is -0.346 e. The quantitative estimate of drug-likeness (QED) is 0.923. The van der Waals surface area contributed by atoms with Crippen LogP contribution in [0.3, 0.4) is 0 Å². The molecule has 4 heterocycles. The lowest BCUT2D eigenvalue weighted by molar-refractivity contribution is 0.0620. The first-order valence-corrected chi connectivity index (χ1v) is 8.00. The molecule has 2 bridgehead atoms. The standard InChI is InChI=1S/C15H17N3OS.ClH/c19-14(15-17-11-3-1-2-4-13(11)20-15)16-12-9-18-7-5-10(12)6-8-18;/h1-4,10,12H,5-9H2,(H,16,19);1H. The Bertz CT molecular complexity index is 618. The molecule has 5 rings (SSSR count). The lowest BCUT2D eigenvalue weighted by Gasteiger charge is -2.44. The summed E-state index contributed by atoms with van der Waals surface area (Å²) in [6.45, 7) is 3.39. The van der Waals surface area contributed by atoms with Gasteiger partial charge in [-0.1, -0.05) is 12.1 Å². The van der Waals surface area contributed by atoms with E-state index in [1.165, 1.54) is 37.3 Å². The summed E-state index contributed by atoms with van der Waals surface area (Å²) in [5.41, 5.74) is 0.913. The van der Waals surface area contributed by atoms with E-state index >= 15 is 0 Å². The Morgan fingerprint density at radius 3 is 2.71 bits per heavy atom. The number of nitrogens with zero attached hydrogens (tertiary/aromatic N) is 2. The van der Waals surface area contributed by atoms with Gasteiger partial charge in [-0.25, -0.2) is 4.98 Å². The van der Waals surface area contributed by atoms with Crippen molar-refractivity contribution in [3.8, 4) is 0 Å². The number of hydrogen-bond acceptors (Lipinski definition) is 4. The summed E-state index contributed by atoms with van der Waals surface area (Å²) >= 11 is 1.48. The van der Waals surface area contributed by atoms with Crippen LogP contribution in [0.2, 0.25) is 0 Å². The molecule has 112 valence electrons. The van der Waals surface area contributed by atoms with Crippen molar-refractivity contribution in [1.29, 1.82) is 0 Å². The summed E-state index contributed by atoms with van der Waals surface area (Å²) in [6.07, 6.45) is 2.43. The Labute approximate surface area is 134 Å². The zero-order valence-corrected chi connectivity index (χ0v) is 13.3. The van der Waals surface area contributed by atoms with E-state index < -0.39 is 0 Å². The van der Waals surface area contributed by atoms with Crippen LogP contribution in [0.15, 0.2) is 24.3 Å². The molecule has 21 heavy (non-hydrogen) atoms. The first-order valence-electron chi connectivity index (χ1n) is 7.18. The second-order valence-corrected chi connectivity index (χ2v) is 6.74. The zero-order valence-electron chi connectivity index (χ0n) is 11.6. The second kappa shape index (κ2) is 5.91. The van der Waals surface area contributed by atoms with Crippen LogP contribution >= 0.6 is 23.7 Å². The summed E-state index contributed by atoms with van der Waals surface area (Å²) in [5.74, 6) is 0.642. The van der Waals surface area contributed by atoms with Gasteiger partial charge in [0.15, 0.2) is 5.01 Å². The predicted octanol–water partition coefficient (Wildman–Crippen LogP) is 2.54. The third kappa shape index (κ3) is 2.78. The maximum absolute atomic E-state index is 12.4. The van der Waals surface area contributed by atoms with Gasteiger partial charge in [0.25, 0.3) is 5.91 Å². The van der Waals surface area contributed by atoms with E-state index in [0.29, 0.717) is 17.0 Å². The van der Waals surface area contributed by atoms with Crippen molar-refractivity contribution in [2.45, 2.75) is 18.9 Å². The summed E-state index contributed by atoms with van der Waals surface area (Å²) in [5, 5.41) is 3.78. The molecule has 0 aliphatic carbocycles. The molecule has 1 aromatic heterocycles. The molecule has 4 nitrogen and oxygen atoms in total. The number of halogens is 1. The van der Waals surface area contributed by atoms with Gasteiger partial charge < -0.3 is 10.2 Å². The number of benzene rings is 1. The number of piperidine rings is 3. The number of nitrogens with one attached hydrogen (secondary N) is 1. The van der Waals surface area contributed by atoms with Crippen LogP contribution in [-0.2, 0) is 0 Å². The topological polar surface area (TPSA) is 45.2 Å². The van der Waals surface area contributed by atoms with Crippen molar-refractivity contribution in [2.24, 2.45) is 5.92 Å². The van der Waals surface area contributed by atoms with E-state index in [9.17, 15) is 4.79 Å². The second-order valence-electron chi connectivity index (χ2n) is 5.70. The maximum Gasteiger partial charge on any atom is 0.280 e. The fraction of sp³-hybridized carbons (Fsp3) is 0.467. The molecule has 0 radical (unpaired) electrons. The summed E-state index contributed by atoms with van der Waals surface area (Å²) in [6, 6.07) is 8.21. The fourth-order valence-electron chi connectivity index (χ4n) is 3.33. The van der Waals surface area contributed by atoms with Crippen LogP contribution in [0.5, 0.6) is 0 Å². The van der Waals surface area contributed by atoms with Gasteiger partial charge >= 0.3 is 0 Å². The van der Waals surface area contributed by atoms with Crippen molar-refractivity contribution in [1.82, 2.24) is 15.2 Å². The number of amides is 1. The van der Waals surface area contributed by atoms with Gasteiger partial charge in [-0.05, 0) is 44.0 Å². The highest BCUT2D eigenvalue weighted by molar-refractivity contribution is 7.20. The predicted molar refractivity (Wildman–Crippen MR) is 87.3 cm³/mol. The number of carbonyl (C=O) groups is 1. The largest absolute Gasteiger partial charge is 0.346 e. The number of thiazole rings is 1. The zero-order chi connectivity index (χ0) is 13.5. The molecule has 0 spiro atoms. The summed E-state index contributed by atoms with van der Waals surface area (Å²) in [7, 11) is 0. The summed E-state index contributed by atoms with van der Waals surface area (Å²) < 4.78 is 1.08. The molecule has 0 saturated carbocycles. The normalized spacial score (nSPS) is 27.3. The molecule has 1 N–H and O–H groups in total. The van der Waals surface area contributed by atoms with Gasteiger partial charge in [0.05, 0.1) is 10.2 Å². The highest BCUT2D eigenvalue weighted by Crippen LogP contribution is 2.28. The third-order valence-corrected chi connectivity index (χ3v) is 5.50. The highest BCUT2D eigenvalue weighted by Gasteiger charge is 2.35. The van der Waals surface area contributed by atoms with Crippen molar-refractivity contribution in [3.63, 3.8) is 0 Å². The summed E-state index contributed by atoms with van der Waals surface area (Å²) in [4.78, 5) is 19.3. The number of fused-ring (bicyclic) bond motifs is 4. The average Bonchev–Trinajstić information content (AvgIpc) is 2.92. The van der Waals surface area contributed by atoms with Gasteiger partial charge in [-0.2, -0.15) is 0 Å². The minimum atomic E-state index is -0.00931. The van der Waals surface area contributed by atoms with Gasteiger partial charge in [-0.15, -0.1) is 23.7 Å². The molecule has 2 aromatic rings. The van der Waals surface area contributed by atoms with Gasteiger partial charge in [-0.3, -0.25) is 4.79 Å². The molecule has 1 atom stereocenters. The van der Waals surface area contributed by atoms with E-state index in [4.69, 9.17) is 0 Å². The smallest absolute Gasteiger partial charge is 0.280 e. The SMILES string of the molecule is Cl.O=C(NC1CN2CCC1CC2)c1nc2ccccc2s1. The molecule has 1 amide bonds. The number of para-hydroxylation sites is 1. The van der Waals surface area contributed by atoms with Crippen LogP contribution in [0.4, 0.5) is 0 Å². The molecule has 1 unspecified atom stereocenters. The highest BCUT2D eigenvalue weighted by atomic mass is 35.5. The molecular weight excluding hydrogens is 306 g/mol. The van der Waals surface area contributed by atoms with Crippen molar-refractivity contribution in [3.05, 3.63) is 29.3 Å². The van der Waals surface area contributed by atoms with Crippen LogP contribution in [0.25, 0.3) is 10.2 Å². The van der Waals surface area contributed by atoms with Crippen molar-refractivity contribution < 1.29 is 4.79 Å². The maximum atomic E-state index is 12.4. The molecule has 1 aromatic carbocycles.